The topological polar surface area (TPSA) is 128 Å². The Hall–Kier alpha value is -2.23. The van der Waals surface area contributed by atoms with Crippen LogP contribution in [-0.2, 0) is 16.1 Å². The minimum Gasteiger partial charge on any atom is -0.375 e. The van der Waals surface area contributed by atoms with E-state index in [1.807, 2.05) is 0 Å². The molecule has 156 valence electrons. The van der Waals surface area contributed by atoms with Crippen molar-refractivity contribution in [1.82, 2.24) is 20.0 Å². The van der Waals surface area contributed by atoms with E-state index < -0.39 is 12.1 Å². The van der Waals surface area contributed by atoms with Gasteiger partial charge in [0.15, 0.2) is 0 Å². The first kappa shape index (κ1) is 20.1. The highest BCUT2D eigenvalue weighted by Gasteiger charge is 2.46. The van der Waals surface area contributed by atoms with Gasteiger partial charge in [-0.2, -0.15) is 10.2 Å². The number of aromatic nitrogens is 4. The van der Waals surface area contributed by atoms with Crippen molar-refractivity contribution in [1.29, 1.82) is 0 Å². The van der Waals surface area contributed by atoms with Gasteiger partial charge in [0, 0.05) is 13.3 Å². The van der Waals surface area contributed by atoms with Crippen LogP contribution >= 0.6 is 11.6 Å². The molecule has 2 saturated carbocycles. The van der Waals surface area contributed by atoms with Crippen LogP contribution in [0.5, 0.6) is 0 Å². The molecule has 1 amide bonds. The first-order chi connectivity index (χ1) is 14.0. The minimum absolute atomic E-state index is 0.171. The maximum Gasteiger partial charge on any atom is 0.270 e. The van der Waals surface area contributed by atoms with Crippen LogP contribution < -0.4 is 16.6 Å². The number of rotatable bonds is 9. The Morgan fingerprint density at radius 2 is 2.10 bits per heavy atom. The number of methoxy groups -OCH3 is 1. The van der Waals surface area contributed by atoms with E-state index in [2.05, 4.69) is 20.6 Å². The van der Waals surface area contributed by atoms with Crippen LogP contribution in [0.3, 0.4) is 0 Å². The second kappa shape index (κ2) is 8.25. The van der Waals surface area contributed by atoms with Crippen LogP contribution in [0.25, 0.3) is 0 Å². The molecule has 1 unspecified atom stereocenters. The van der Waals surface area contributed by atoms with Crippen molar-refractivity contribution >= 4 is 23.2 Å². The highest BCUT2D eigenvalue weighted by atomic mass is 35.5. The number of anilines is 1. The van der Waals surface area contributed by atoms with Gasteiger partial charge in [-0.1, -0.05) is 11.6 Å². The number of aromatic amines is 1. The highest BCUT2D eigenvalue weighted by molar-refractivity contribution is 6.29. The molecule has 0 spiro atoms. The lowest BCUT2D eigenvalue weighted by molar-refractivity contribution is -0.118. The Morgan fingerprint density at radius 3 is 2.72 bits per heavy atom. The summed E-state index contributed by atoms with van der Waals surface area (Å²) in [6.45, 7) is 0.272. The fourth-order valence-electron chi connectivity index (χ4n) is 3.97. The maximum atomic E-state index is 12.6. The van der Waals surface area contributed by atoms with E-state index in [4.69, 9.17) is 22.1 Å². The van der Waals surface area contributed by atoms with Crippen LogP contribution in [0, 0.1) is 17.8 Å². The smallest absolute Gasteiger partial charge is 0.270 e. The first-order valence-electron chi connectivity index (χ1n) is 9.83. The van der Waals surface area contributed by atoms with E-state index >= 15 is 0 Å². The van der Waals surface area contributed by atoms with E-state index in [-0.39, 0.29) is 29.1 Å². The molecule has 2 heterocycles. The summed E-state index contributed by atoms with van der Waals surface area (Å²) in [6, 6.07) is 0.970. The number of carbonyl (C=O) groups excluding carboxylic acids is 1. The fourth-order valence-corrected chi connectivity index (χ4v) is 4.13. The standard InChI is InChI=1S/C19H25ClN6O3/c1-29-14(13-6-15(20)24-25-18(13)27)9-26-8-12(7-22-26)23-19(28)17(21)16(10-2-3-10)11-4-5-11/h6-8,10-11,14,16-17H,2-5,9,21H2,1H3,(H,23,28)(H,25,27)/t14?,17-/m0/s1. The summed E-state index contributed by atoms with van der Waals surface area (Å²) in [4.78, 5) is 24.7. The van der Waals surface area contributed by atoms with Gasteiger partial charge in [0.05, 0.1) is 30.0 Å². The van der Waals surface area contributed by atoms with E-state index in [9.17, 15) is 9.59 Å². The second-order valence-corrected chi connectivity index (χ2v) is 8.31. The van der Waals surface area contributed by atoms with Crippen LogP contribution in [0.2, 0.25) is 5.15 Å². The van der Waals surface area contributed by atoms with E-state index in [1.54, 1.807) is 17.1 Å². The molecule has 0 bridgehead atoms. The molecule has 9 nitrogen and oxygen atoms in total. The summed E-state index contributed by atoms with van der Waals surface area (Å²) in [5, 5.41) is 13.3. The zero-order valence-electron chi connectivity index (χ0n) is 16.2. The molecular formula is C19H25ClN6O3. The number of hydrogen-bond acceptors (Lipinski definition) is 6. The average molecular weight is 421 g/mol. The van der Waals surface area contributed by atoms with Crippen LogP contribution in [0.4, 0.5) is 5.69 Å². The number of amides is 1. The maximum absolute atomic E-state index is 12.6. The number of carbonyl (C=O) groups is 1. The van der Waals surface area contributed by atoms with Gasteiger partial charge >= 0.3 is 0 Å². The summed E-state index contributed by atoms with van der Waals surface area (Å²) in [5.41, 5.74) is 6.83. The molecule has 2 aliphatic rings. The molecule has 2 fully saturated rings. The largest absolute Gasteiger partial charge is 0.375 e. The molecule has 2 atom stereocenters. The van der Waals surface area contributed by atoms with Gasteiger partial charge in [-0.05, 0) is 49.5 Å². The van der Waals surface area contributed by atoms with Crippen molar-refractivity contribution in [3.63, 3.8) is 0 Å². The minimum atomic E-state index is -0.570. The third-order valence-corrected chi connectivity index (χ3v) is 5.93. The normalized spacial score (nSPS) is 18.6. The molecule has 0 radical (unpaired) electrons. The molecule has 2 aromatic rings. The van der Waals surface area contributed by atoms with Crippen LogP contribution in [-0.4, -0.2) is 39.0 Å². The number of ether oxygens (including phenoxy) is 1. The first-order valence-corrected chi connectivity index (χ1v) is 10.2. The van der Waals surface area contributed by atoms with Gasteiger partial charge in [-0.25, -0.2) is 5.10 Å². The summed E-state index contributed by atoms with van der Waals surface area (Å²) >= 11 is 5.87. The number of H-pyrrole nitrogens is 1. The molecule has 29 heavy (non-hydrogen) atoms. The zero-order chi connectivity index (χ0) is 20.5. The average Bonchev–Trinajstić information content (AvgIpc) is 3.63. The molecular weight excluding hydrogens is 396 g/mol. The second-order valence-electron chi connectivity index (χ2n) is 7.92. The molecule has 0 saturated heterocycles. The van der Waals surface area contributed by atoms with Gasteiger partial charge in [-0.15, -0.1) is 0 Å². The number of nitrogens with zero attached hydrogens (tertiary/aromatic N) is 3. The Kier molecular flexibility index (Phi) is 5.71. The van der Waals surface area contributed by atoms with Crippen LogP contribution in [0.1, 0.15) is 37.4 Å². The number of halogens is 1. The Morgan fingerprint density at radius 1 is 1.41 bits per heavy atom. The summed E-state index contributed by atoms with van der Waals surface area (Å²) in [7, 11) is 1.50. The predicted molar refractivity (Wildman–Crippen MR) is 107 cm³/mol. The lowest BCUT2D eigenvalue weighted by atomic mass is 9.89. The monoisotopic (exact) mass is 420 g/mol. The van der Waals surface area contributed by atoms with Gasteiger partial charge in [0.25, 0.3) is 5.56 Å². The van der Waals surface area contributed by atoms with E-state index in [0.717, 1.165) is 0 Å². The third kappa shape index (κ3) is 4.68. The van der Waals surface area contributed by atoms with Gasteiger partial charge in [0.2, 0.25) is 5.91 Å². The number of hydrogen-bond donors (Lipinski definition) is 3. The van der Waals surface area contributed by atoms with Crippen molar-refractivity contribution in [2.75, 3.05) is 12.4 Å². The molecule has 10 heteroatoms. The molecule has 2 aliphatic carbocycles. The Balaban J connectivity index is 1.40. The Bertz CT molecular complexity index is 924. The molecule has 2 aromatic heterocycles. The SMILES string of the molecule is COC(Cn1cc(NC(=O)[C@@H](N)C(C2CC2)C2CC2)cn1)c1cc(Cl)n[nH]c1=O. The highest BCUT2D eigenvalue weighted by Crippen LogP contribution is 2.50. The van der Waals surface area contributed by atoms with Crippen molar-refractivity contribution < 1.29 is 9.53 Å². The Labute approximate surface area is 173 Å². The van der Waals surface area contributed by atoms with Gasteiger partial charge < -0.3 is 15.8 Å². The quantitative estimate of drug-likeness (QED) is 0.566. The van der Waals surface area contributed by atoms with Crippen molar-refractivity contribution in [3.05, 3.63) is 39.5 Å². The fraction of sp³-hybridized carbons (Fsp3) is 0.579. The molecule has 0 aromatic carbocycles. The molecule has 4 N–H and O–H groups in total. The zero-order valence-corrected chi connectivity index (χ0v) is 16.9. The summed E-state index contributed by atoms with van der Waals surface area (Å²) in [6.07, 6.45) is 7.39. The van der Waals surface area contributed by atoms with E-state index in [1.165, 1.54) is 38.9 Å². The summed E-state index contributed by atoms with van der Waals surface area (Å²) < 4.78 is 7.03. The molecule has 0 aliphatic heterocycles. The predicted octanol–water partition coefficient (Wildman–Crippen LogP) is 1.71. The van der Waals surface area contributed by atoms with Crippen molar-refractivity contribution in [2.24, 2.45) is 23.5 Å². The number of nitrogens with two attached hydrogens (primary N) is 1. The van der Waals surface area contributed by atoms with Crippen molar-refractivity contribution in [2.45, 2.75) is 44.4 Å². The molecule has 4 rings (SSSR count). The van der Waals surface area contributed by atoms with Gasteiger partial charge in [0.1, 0.15) is 11.3 Å². The number of nitrogens with one attached hydrogen (secondary N) is 2. The van der Waals surface area contributed by atoms with Crippen LogP contribution in [0.15, 0.2) is 23.3 Å². The lowest BCUT2D eigenvalue weighted by Crippen LogP contribution is -2.43. The third-order valence-electron chi connectivity index (χ3n) is 5.74. The summed E-state index contributed by atoms with van der Waals surface area (Å²) in [5.74, 6) is 1.30. The lowest BCUT2D eigenvalue weighted by Gasteiger charge is -2.22. The van der Waals surface area contributed by atoms with E-state index in [0.29, 0.717) is 23.1 Å². The van der Waals surface area contributed by atoms with Crippen molar-refractivity contribution in [3.8, 4) is 0 Å². The van der Waals surface area contributed by atoms with Gasteiger partial charge in [-0.3, -0.25) is 14.3 Å².